The van der Waals surface area contributed by atoms with Crippen LogP contribution >= 0.6 is 11.6 Å². The molecule has 0 radical (unpaired) electrons. The average Bonchev–Trinajstić information content (AvgIpc) is 2.10. The van der Waals surface area contributed by atoms with E-state index in [0.717, 1.165) is 0 Å². The maximum Gasteiger partial charge on any atom is 0.213 e. The molecule has 0 spiro atoms. The van der Waals surface area contributed by atoms with Crippen molar-refractivity contribution in [2.24, 2.45) is 0 Å². The summed E-state index contributed by atoms with van der Waals surface area (Å²) >= 11 is 5.48. The van der Waals surface area contributed by atoms with Crippen LogP contribution in [0.5, 0.6) is 0 Å². The summed E-state index contributed by atoms with van der Waals surface area (Å²) in [6, 6.07) is 4.13. The third kappa shape index (κ3) is 2.42. The van der Waals surface area contributed by atoms with Crippen molar-refractivity contribution < 1.29 is 9.13 Å². The molecule has 0 heterocycles. The second-order valence-electron chi connectivity index (χ2n) is 2.39. The number of benzene rings is 1. The van der Waals surface area contributed by atoms with Crippen LogP contribution in [0, 0.1) is 11.2 Å². The molecule has 0 aromatic heterocycles. The maximum absolute atomic E-state index is 12.9. The van der Waals surface area contributed by atoms with Gasteiger partial charge >= 0.3 is 0 Å². The average molecular weight is 202 g/mol. The fourth-order valence-electron chi connectivity index (χ4n) is 0.865. The van der Waals surface area contributed by atoms with Crippen LogP contribution in [-0.4, -0.2) is 12.5 Å². The van der Waals surface area contributed by atoms with E-state index in [1.807, 2.05) is 0 Å². The summed E-state index contributed by atoms with van der Waals surface area (Å²) in [5, 5.41) is 7.41. The van der Waals surface area contributed by atoms with Gasteiger partial charge in [0, 0.05) is 5.56 Å². The van der Waals surface area contributed by atoms with Gasteiger partial charge in [-0.1, -0.05) is 11.6 Å². The summed E-state index contributed by atoms with van der Waals surface area (Å²) in [6.07, 6.45) is 0. The Hall–Kier alpha value is -1.09. The highest BCUT2D eigenvalue weighted by molar-refractivity contribution is 6.30. The summed E-state index contributed by atoms with van der Waals surface area (Å²) in [4.78, 5) is 0. The number of halogens is 2. The fourth-order valence-corrected chi connectivity index (χ4v) is 0.983. The van der Waals surface area contributed by atoms with E-state index in [4.69, 9.17) is 21.7 Å². The Morgan fingerprint density at radius 1 is 1.62 bits per heavy atom. The van der Waals surface area contributed by atoms with Crippen molar-refractivity contribution in [3.63, 3.8) is 0 Å². The zero-order chi connectivity index (χ0) is 9.84. The van der Waals surface area contributed by atoms with Gasteiger partial charge in [-0.2, -0.15) is 0 Å². The van der Waals surface area contributed by atoms with E-state index >= 15 is 0 Å². The lowest BCUT2D eigenvalue weighted by atomic mass is 10.2. The number of hydrogen-bond acceptors (Lipinski definition) is 2. The molecule has 1 aromatic rings. The molecule has 2 nitrogen and oxygen atoms in total. The Kier molecular flexibility index (Phi) is 3.25. The molecule has 4 heteroatoms. The Morgan fingerprint density at radius 2 is 2.31 bits per heavy atom. The van der Waals surface area contributed by atoms with Crippen molar-refractivity contribution in [3.8, 4) is 0 Å². The first-order valence-corrected chi connectivity index (χ1v) is 4.19. The van der Waals surface area contributed by atoms with Gasteiger partial charge in [0.2, 0.25) is 5.90 Å². The Balaban J connectivity index is 2.90. The van der Waals surface area contributed by atoms with Gasteiger partial charge in [-0.05, 0) is 25.1 Å². The van der Waals surface area contributed by atoms with E-state index in [0.29, 0.717) is 12.2 Å². The van der Waals surface area contributed by atoms with Crippen molar-refractivity contribution in [2.75, 3.05) is 6.61 Å². The highest BCUT2D eigenvalue weighted by Gasteiger charge is 2.05. The summed E-state index contributed by atoms with van der Waals surface area (Å²) < 4.78 is 17.8. The monoisotopic (exact) mass is 201 g/mol. The molecule has 0 bridgehead atoms. The molecule has 0 saturated heterocycles. The second kappa shape index (κ2) is 4.23. The zero-order valence-corrected chi connectivity index (χ0v) is 7.86. The summed E-state index contributed by atoms with van der Waals surface area (Å²) in [6.45, 7) is 2.16. The summed E-state index contributed by atoms with van der Waals surface area (Å²) in [7, 11) is 0. The highest BCUT2D eigenvalue weighted by atomic mass is 35.5. The molecule has 0 saturated carbocycles. The number of ether oxygens (including phenoxy) is 1. The number of hydrogen-bond donors (Lipinski definition) is 1. The SMILES string of the molecule is CCOC(=N)c1ccc(Cl)c(F)c1. The predicted molar refractivity (Wildman–Crippen MR) is 49.9 cm³/mol. The van der Waals surface area contributed by atoms with Crippen LogP contribution in [0.3, 0.4) is 0 Å². The third-order valence-electron chi connectivity index (χ3n) is 1.47. The molecule has 1 rings (SSSR count). The van der Waals surface area contributed by atoms with E-state index in [-0.39, 0.29) is 10.9 Å². The highest BCUT2D eigenvalue weighted by Crippen LogP contribution is 2.15. The number of nitrogens with one attached hydrogen (secondary N) is 1. The molecule has 1 aromatic carbocycles. The topological polar surface area (TPSA) is 33.1 Å². The smallest absolute Gasteiger partial charge is 0.213 e. The molecular weight excluding hydrogens is 193 g/mol. The van der Waals surface area contributed by atoms with E-state index in [2.05, 4.69) is 0 Å². The van der Waals surface area contributed by atoms with Gasteiger partial charge in [0.15, 0.2) is 0 Å². The largest absolute Gasteiger partial charge is 0.478 e. The first-order chi connectivity index (χ1) is 6.15. The molecule has 0 aliphatic carbocycles. The van der Waals surface area contributed by atoms with Crippen LogP contribution in [-0.2, 0) is 4.74 Å². The van der Waals surface area contributed by atoms with Crippen LogP contribution in [0.15, 0.2) is 18.2 Å². The zero-order valence-electron chi connectivity index (χ0n) is 7.10. The van der Waals surface area contributed by atoms with E-state index in [9.17, 15) is 4.39 Å². The van der Waals surface area contributed by atoms with Crippen LogP contribution in [0.4, 0.5) is 4.39 Å². The van der Waals surface area contributed by atoms with Gasteiger partial charge < -0.3 is 4.74 Å². The molecule has 0 atom stereocenters. The van der Waals surface area contributed by atoms with Crippen molar-refractivity contribution >= 4 is 17.5 Å². The fraction of sp³-hybridized carbons (Fsp3) is 0.222. The molecular formula is C9H9ClFNO. The van der Waals surface area contributed by atoms with Gasteiger partial charge in [-0.3, -0.25) is 5.41 Å². The van der Waals surface area contributed by atoms with Crippen LogP contribution in [0.1, 0.15) is 12.5 Å². The van der Waals surface area contributed by atoms with Gasteiger partial charge in [-0.25, -0.2) is 4.39 Å². The minimum Gasteiger partial charge on any atom is -0.478 e. The molecule has 0 aliphatic rings. The van der Waals surface area contributed by atoms with Crippen molar-refractivity contribution in [1.82, 2.24) is 0 Å². The minimum absolute atomic E-state index is 0.0435. The van der Waals surface area contributed by atoms with Crippen molar-refractivity contribution in [2.45, 2.75) is 6.92 Å². The van der Waals surface area contributed by atoms with E-state index in [1.54, 1.807) is 13.0 Å². The van der Waals surface area contributed by atoms with Crippen LogP contribution in [0.2, 0.25) is 5.02 Å². The summed E-state index contributed by atoms with van der Waals surface area (Å²) in [5.74, 6) is -0.582. The van der Waals surface area contributed by atoms with E-state index < -0.39 is 5.82 Å². The molecule has 0 fully saturated rings. The lowest BCUT2D eigenvalue weighted by Gasteiger charge is -2.04. The predicted octanol–water partition coefficient (Wildman–Crippen LogP) is 2.84. The van der Waals surface area contributed by atoms with Gasteiger partial charge in [0.05, 0.1) is 11.6 Å². The molecule has 70 valence electrons. The van der Waals surface area contributed by atoms with Crippen molar-refractivity contribution in [1.29, 1.82) is 5.41 Å². The molecule has 0 aliphatic heterocycles. The number of rotatable bonds is 2. The first-order valence-electron chi connectivity index (χ1n) is 3.82. The lowest BCUT2D eigenvalue weighted by Crippen LogP contribution is -2.04. The molecule has 0 amide bonds. The Bertz CT molecular complexity index is 327. The normalized spacial score (nSPS) is 9.77. The standard InChI is InChI=1S/C9H9ClFNO/c1-2-13-9(12)6-3-4-7(10)8(11)5-6/h3-5,12H,2H2,1H3. The Morgan fingerprint density at radius 3 is 2.85 bits per heavy atom. The van der Waals surface area contributed by atoms with Gasteiger partial charge in [-0.15, -0.1) is 0 Å². The molecule has 1 N–H and O–H groups in total. The molecule has 0 unspecified atom stereocenters. The van der Waals surface area contributed by atoms with Crippen LogP contribution in [0.25, 0.3) is 0 Å². The van der Waals surface area contributed by atoms with E-state index in [1.165, 1.54) is 12.1 Å². The lowest BCUT2D eigenvalue weighted by molar-refractivity contribution is 0.325. The van der Waals surface area contributed by atoms with Gasteiger partial charge in [0.25, 0.3) is 0 Å². The summed E-state index contributed by atoms with van der Waals surface area (Å²) in [5.41, 5.74) is 0.392. The van der Waals surface area contributed by atoms with Crippen molar-refractivity contribution in [3.05, 3.63) is 34.6 Å². The molecule has 13 heavy (non-hydrogen) atoms. The Labute approximate surface area is 80.8 Å². The first kappa shape index (κ1) is 9.99. The van der Waals surface area contributed by atoms with Crippen LogP contribution < -0.4 is 0 Å². The maximum atomic E-state index is 12.9. The minimum atomic E-state index is -0.538. The van der Waals surface area contributed by atoms with Gasteiger partial charge in [0.1, 0.15) is 5.82 Å². The quantitative estimate of drug-likeness (QED) is 0.579. The third-order valence-corrected chi connectivity index (χ3v) is 1.78. The second-order valence-corrected chi connectivity index (χ2v) is 2.80.